The van der Waals surface area contributed by atoms with Gasteiger partial charge in [0.25, 0.3) is 5.95 Å². The number of ether oxygens (including phenoxy) is 2. The molecule has 0 aliphatic heterocycles. The zero-order valence-electron chi connectivity index (χ0n) is 15.9. The van der Waals surface area contributed by atoms with Crippen LogP contribution in [0.5, 0.6) is 11.8 Å². The number of alkyl halides is 6. The number of hydrogen-bond acceptors (Lipinski definition) is 7. The second-order valence-electron chi connectivity index (χ2n) is 6.18. The van der Waals surface area contributed by atoms with Crippen LogP contribution in [0.15, 0.2) is 30.3 Å². The van der Waals surface area contributed by atoms with Crippen LogP contribution in [0.3, 0.4) is 0 Å². The Hall–Kier alpha value is -3.22. The van der Waals surface area contributed by atoms with E-state index in [2.05, 4.69) is 34.8 Å². The molecule has 8 nitrogen and oxygen atoms in total. The van der Waals surface area contributed by atoms with Crippen LogP contribution in [-0.2, 0) is 0 Å². The van der Waals surface area contributed by atoms with E-state index < -0.39 is 24.4 Å². The average molecular weight is 465 g/mol. The van der Waals surface area contributed by atoms with Gasteiger partial charge in [0.15, 0.2) is 6.61 Å². The van der Waals surface area contributed by atoms with Gasteiger partial charge in [0.1, 0.15) is 5.75 Å². The number of nitrogens with one attached hydrogen (secondary N) is 1. The average Bonchev–Trinajstić information content (AvgIpc) is 2.98. The molecule has 3 aromatic rings. The molecule has 0 aliphatic rings. The van der Waals surface area contributed by atoms with E-state index in [4.69, 9.17) is 11.6 Å². The van der Waals surface area contributed by atoms with Crippen molar-refractivity contribution in [3.05, 3.63) is 41.7 Å². The predicted octanol–water partition coefficient (Wildman–Crippen LogP) is 4.53. The Balaban J connectivity index is 1.89. The van der Waals surface area contributed by atoms with E-state index in [0.717, 1.165) is 0 Å². The van der Waals surface area contributed by atoms with Gasteiger partial charge in [-0.15, -0.1) is 8.78 Å². The monoisotopic (exact) mass is 464 g/mol. The summed E-state index contributed by atoms with van der Waals surface area (Å²) >= 11 is 4.71. The summed E-state index contributed by atoms with van der Waals surface area (Å²) in [5.41, 5.74) is -2.29. The second kappa shape index (κ2) is 8.49. The second-order valence-corrected chi connectivity index (χ2v) is 6.62. The van der Waals surface area contributed by atoms with Gasteiger partial charge in [0.05, 0.1) is 5.69 Å². The molecule has 0 unspecified atom stereocenters. The van der Waals surface area contributed by atoms with Gasteiger partial charge in [-0.05, 0) is 44.2 Å². The Morgan fingerprint density at radius 2 is 1.71 bits per heavy atom. The van der Waals surface area contributed by atoms with E-state index in [0.29, 0.717) is 17.1 Å². The molecule has 0 spiro atoms. The number of aromatic nitrogens is 5. The van der Waals surface area contributed by atoms with Crippen molar-refractivity contribution in [1.82, 2.24) is 24.7 Å². The maximum absolute atomic E-state index is 12.7. The number of halogens is 6. The van der Waals surface area contributed by atoms with Crippen molar-refractivity contribution in [3.8, 4) is 17.7 Å². The summed E-state index contributed by atoms with van der Waals surface area (Å²) in [6, 6.07) is 6.23. The maximum atomic E-state index is 12.7. The highest BCUT2D eigenvalue weighted by Crippen LogP contribution is 2.27. The molecule has 0 fully saturated rings. The normalized spacial score (nSPS) is 12.0. The Kier molecular flexibility index (Phi) is 6.15. The molecule has 0 aliphatic carbocycles. The number of rotatable bonds is 7. The lowest BCUT2D eigenvalue weighted by atomic mass is 10.3. The summed E-state index contributed by atoms with van der Waals surface area (Å²) in [5, 5.41) is 6.91. The molecule has 166 valence electrons. The van der Waals surface area contributed by atoms with Crippen molar-refractivity contribution in [2.75, 3.05) is 11.9 Å². The Morgan fingerprint density at radius 1 is 1.03 bits per heavy atom. The summed E-state index contributed by atoms with van der Waals surface area (Å²) in [6.45, 7) is 1.82. The van der Waals surface area contributed by atoms with Crippen LogP contribution in [0.4, 0.5) is 33.6 Å². The summed E-state index contributed by atoms with van der Waals surface area (Å²) in [6.07, 6.45) is -4.60. The zero-order valence-corrected chi connectivity index (χ0v) is 16.7. The Labute approximate surface area is 177 Å². The van der Waals surface area contributed by atoms with Gasteiger partial charge in [-0.3, -0.25) is 0 Å². The standard InChI is InChI=1S/C17H14ClF5N6O2/c1-9-7-10(2)29(28-9)14-25-13(26-15(27-14)30-8-16(19,20)21)24-11-3-5-12(6-4-11)31-17(18,22)23/h3-7H,8H2,1-2H3,(H,24,25,26,27). The summed E-state index contributed by atoms with van der Waals surface area (Å²) in [4.78, 5) is 11.8. The molecule has 2 aromatic heterocycles. The molecule has 2 heterocycles. The van der Waals surface area contributed by atoms with E-state index >= 15 is 0 Å². The van der Waals surface area contributed by atoms with E-state index in [1.165, 1.54) is 28.9 Å². The van der Waals surface area contributed by atoms with E-state index in [9.17, 15) is 22.0 Å². The minimum atomic E-state index is -4.60. The van der Waals surface area contributed by atoms with Crippen molar-refractivity contribution in [3.63, 3.8) is 0 Å². The lowest BCUT2D eigenvalue weighted by Gasteiger charge is -2.13. The SMILES string of the molecule is Cc1cc(C)n(-c2nc(Nc3ccc(OC(F)(F)Cl)cc3)nc(OCC(F)(F)F)n2)n1. The maximum Gasteiger partial charge on any atom is 0.487 e. The third-order valence-corrected chi connectivity index (χ3v) is 3.59. The third-order valence-electron chi connectivity index (χ3n) is 3.51. The van der Waals surface area contributed by atoms with Crippen LogP contribution in [0.2, 0.25) is 0 Å². The van der Waals surface area contributed by atoms with Crippen molar-refractivity contribution >= 4 is 23.2 Å². The molecule has 0 radical (unpaired) electrons. The minimum Gasteiger partial charge on any atom is -0.454 e. The van der Waals surface area contributed by atoms with E-state index in [-0.39, 0.29) is 17.6 Å². The quantitative estimate of drug-likeness (QED) is 0.406. The van der Waals surface area contributed by atoms with Gasteiger partial charge >= 0.3 is 17.8 Å². The fraction of sp³-hybridized carbons (Fsp3) is 0.294. The number of nitrogens with zero attached hydrogens (tertiary/aromatic N) is 5. The molecular formula is C17H14ClF5N6O2. The highest BCUT2D eigenvalue weighted by molar-refractivity contribution is 6.20. The fourth-order valence-electron chi connectivity index (χ4n) is 2.41. The third kappa shape index (κ3) is 6.64. The highest BCUT2D eigenvalue weighted by atomic mass is 35.5. The van der Waals surface area contributed by atoms with Crippen molar-refractivity contribution in [1.29, 1.82) is 0 Å². The van der Waals surface area contributed by atoms with Crippen molar-refractivity contribution in [2.45, 2.75) is 25.6 Å². The first-order valence-corrected chi connectivity index (χ1v) is 8.88. The summed E-state index contributed by atoms with van der Waals surface area (Å²) in [7, 11) is 0. The van der Waals surface area contributed by atoms with Gasteiger partial charge in [-0.2, -0.15) is 33.2 Å². The molecule has 14 heteroatoms. The van der Waals surface area contributed by atoms with Crippen molar-refractivity contribution < 1.29 is 31.4 Å². The molecule has 3 rings (SSSR count). The zero-order chi connectivity index (χ0) is 22.8. The highest BCUT2D eigenvalue weighted by Gasteiger charge is 2.29. The molecule has 0 saturated heterocycles. The largest absolute Gasteiger partial charge is 0.487 e. The first-order chi connectivity index (χ1) is 14.4. The van der Waals surface area contributed by atoms with Gasteiger partial charge in [-0.1, -0.05) is 0 Å². The summed E-state index contributed by atoms with van der Waals surface area (Å²) in [5.74, 6) is -0.452. The first kappa shape index (κ1) is 22.5. The van der Waals surface area contributed by atoms with E-state index in [1.54, 1.807) is 19.9 Å². The minimum absolute atomic E-state index is 0.0815. The molecule has 1 aromatic carbocycles. The lowest BCUT2D eigenvalue weighted by Crippen LogP contribution is -2.21. The Bertz CT molecular complexity index is 1050. The van der Waals surface area contributed by atoms with Gasteiger partial charge in [0.2, 0.25) is 5.95 Å². The van der Waals surface area contributed by atoms with Crippen LogP contribution >= 0.6 is 11.6 Å². The van der Waals surface area contributed by atoms with E-state index in [1.807, 2.05) is 0 Å². The predicted molar refractivity (Wildman–Crippen MR) is 99.1 cm³/mol. The molecule has 0 amide bonds. The lowest BCUT2D eigenvalue weighted by molar-refractivity contribution is -0.154. The molecule has 1 N–H and O–H groups in total. The smallest absolute Gasteiger partial charge is 0.454 e. The number of hydrogen-bond donors (Lipinski definition) is 1. The number of anilines is 2. The van der Waals surface area contributed by atoms with Crippen LogP contribution in [0, 0.1) is 13.8 Å². The van der Waals surface area contributed by atoms with Gasteiger partial charge in [-0.25, -0.2) is 4.68 Å². The summed E-state index contributed by atoms with van der Waals surface area (Å²) < 4.78 is 73.1. The number of benzene rings is 1. The van der Waals surface area contributed by atoms with Crippen LogP contribution in [0.1, 0.15) is 11.4 Å². The Morgan fingerprint density at radius 3 is 2.26 bits per heavy atom. The first-order valence-electron chi connectivity index (χ1n) is 8.50. The van der Waals surface area contributed by atoms with Crippen molar-refractivity contribution in [2.24, 2.45) is 0 Å². The number of aryl methyl sites for hydroxylation is 2. The van der Waals surface area contributed by atoms with Crippen LogP contribution < -0.4 is 14.8 Å². The molecule has 31 heavy (non-hydrogen) atoms. The molecular weight excluding hydrogens is 451 g/mol. The molecule has 0 atom stereocenters. The topological polar surface area (TPSA) is 87.0 Å². The molecule has 0 bridgehead atoms. The van der Waals surface area contributed by atoms with Gasteiger partial charge < -0.3 is 14.8 Å². The van der Waals surface area contributed by atoms with Crippen LogP contribution in [-0.4, -0.2) is 43.1 Å². The fourth-order valence-corrected chi connectivity index (χ4v) is 2.50. The van der Waals surface area contributed by atoms with Crippen LogP contribution in [0.25, 0.3) is 5.95 Å². The molecule has 0 saturated carbocycles. The van der Waals surface area contributed by atoms with Gasteiger partial charge in [0, 0.05) is 23.0 Å².